The van der Waals surface area contributed by atoms with E-state index in [1.165, 1.54) is 30.1 Å². The zero-order chi connectivity index (χ0) is 30.3. The fraction of sp³-hybridized carbons (Fsp3) is 0.273. The predicted molar refractivity (Wildman–Crippen MR) is 163 cm³/mol. The van der Waals surface area contributed by atoms with Crippen molar-refractivity contribution in [3.8, 4) is 0 Å². The van der Waals surface area contributed by atoms with Crippen molar-refractivity contribution in [3.63, 3.8) is 0 Å². The minimum absolute atomic E-state index is 0.00555. The van der Waals surface area contributed by atoms with Gasteiger partial charge in [-0.2, -0.15) is 4.31 Å². The van der Waals surface area contributed by atoms with Gasteiger partial charge in [0.1, 0.15) is 11.9 Å². The van der Waals surface area contributed by atoms with Gasteiger partial charge in [-0.1, -0.05) is 79.7 Å². The molecule has 2 amide bonds. The van der Waals surface area contributed by atoms with Crippen molar-refractivity contribution >= 4 is 32.6 Å². The molecule has 4 aromatic rings. The molecular weight excluding hydrogens is 553 g/mol. The third kappa shape index (κ3) is 7.60. The molecule has 0 saturated heterocycles. The molecule has 0 spiro atoms. The van der Waals surface area contributed by atoms with E-state index < -0.39 is 34.3 Å². The number of fused-ring (bicyclic) bond motifs is 1. The van der Waals surface area contributed by atoms with Crippen LogP contribution in [0.2, 0.25) is 0 Å². The normalized spacial score (nSPS) is 13.1. The van der Waals surface area contributed by atoms with Crippen LogP contribution in [0.25, 0.3) is 10.8 Å². The molecule has 1 N–H and O–H groups in total. The molecule has 0 aliphatic carbocycles. The number of likely N-dealkylation sites (N-methyl/N-ethyl adjacent to an activating group) is 1. The number of benzene rings is 4. The van der Waals surface area contributed by atoms with Crippen LogP contribution >= 0.6 is 0 Å². The van der Waals surface area contributed by atoms with Gasteiger partial charge in [0.25, 0.3) is 0 Å². The summed E-state index contributed by atoms with van der Waals surface area (Å²) in [5, 5.41) is 4.65. The average Bonchev–Trinajstić information content (AvgIpc) is 2.99. The Balaban J connectivity index is 1.67. The van der Waals surface area contributed by atoms with Crippen molar-refractivity contribution < 1.29 is 22.4 Å². The van der Waals surface area contributed by atoms with Crippen molar-refractivity contribution in [2.45, 2.75) is 50.2 Å². The molecule has 0 aromatic heterocycles. The van der Waals surface area contributed by atoms with Gasteiger partial charge in [0.15, 0.2) is 0 Å². The summed E-state index contributed by atoms with van der Waals surface area (Å²) in [6, 6.07) is 26.2. The second-order valence-corrected chi connectivity index (χ2v) is 12.5. The van der Waals surface area contributed by atoms with Crippen LogP contribution in [0.1, 0.15) is 31.4 Å². The molecule has 0 radical (unpaired) electrons. The number of carbonyl (C=O) groups is 2. The first-order chi connectivity index (χ1) is 20.1. The number of nitrogens with zero attached hydrogens (tertiary/aromatic N) is 2. The zero-order valence-electron chi connectivity index (χ0n) is 24.0. The Morgan fingerprint density at radius 1 is 0.857 bits per heavy atom. The number of rotatable bonds is 12. The largest absolute Gasteiger partial charge is 0.352 e. The van der Waals surface area contributed by atoms with E-state index in [2.05, 4.69) is 5.32 Å². The first-order valence-corrected chi connectivity index (χ1v) is 15.4. The molecule has 42 heavy (non-hydrogen) atoms. The lowest BCUT2D eigenvalue weighted by Crippen LogP contribution is -2.54. The lowest BCUT2D eigenvalue weighted by Gasteiger charge is -2.33. The fourth-order valence-electron chi connectivity index (χ4n) is 4.66. The summed E-state index contributed by atoms with van der Waals surface area (Å²) in [7, 11) is -2.68. The molecule has 0 aliphatic heterocycles. The quantitative estimate of drug-likeness (QED) is 0.248. The summed E-state index contributed by atoms with van der Waals surface area (Å²) in [4.78, 5) is 29.1. The van der Waals surface area contributed by atoms with E-state index in [4.69, 9.17) is 0 Å². The van der Waals surface area contributed by atoms with Crippen molar-refractivity contribution in [2.24, 2.45) is 0 Å². The van der Waals surface area contributed by atoms with Gasteiger partial charge in [-0.3, -0.25) is 9.59 Å². The molecule has 0 saturated carbocycles. The summed E-state index contributed by atoms with van der Waals surface area (Å²) < 4.78 is 41.8. The topological polar surface area (TPSA) is 86.8 Å². The van der Waals surface area contributed by atoms with E-state index >= 15 is 0 Å². The smallest absolute Gasteiger partial charge is 0.243 e. The molecule has 2 atom stereocenters. The number of sulfonamides is 1. The van der Waals surface area contributed by atoms with Crippen molar-refractivity contribution in [2.75, 3.05) is 13.6 Å². The lowest BCUT2D eigenvalue weighted by atomic mass is 10.0. The van der Waals surface area contributed by atoms with Gasteiger partial charge in [-0.05, 0) is 59.5 Å². The number of hydrogen-bond acceptors (Lipinski definition) is 4. The molecule has 220 valence electrons. The van der Waals surface area contributed by atoms with Crippen LogP contribution in [0.15, 0.2) is 102 Å². The third-order valence-electron chi connectivity index (χ3n) is 7.33. The molecule has 4 aromatic carbocycles. The predicted octanol–water partition coefficient (Wildman–Crippen LogP) is 5.15. The number of carbonyl (C=O) groups excluding carboxylic acids is 2. The van der Waals surface area contributed by atoms with Crippen molar-refractivity contribution in [1.82, 2.24) is 14.5 Å². The maximum atomic E-state index is 14.0. The molecule has 0 bridgehead atoms. The Morgan fingerprint density at radius 3 is 2.17 bits per heavy atom. The zero-order valence-corrected chi connectivity index (χ0v) is 24.9. The summed E-state index contributed by atoms with van der Waals surface area (Å²) in [5.74, 6) is -1.32. The van der Waals surface area contributed by atoms with Crippen LogP contribution in [0.5, 0.6) is 0 Å². The maximum absolute atomic E-state index is 14.0. The highest BCUT2D eigenvalue weighted by molar-refractivity contribution is 7.89. The highest BCUT2D eigenvalue weighted by Gasteiger charge is 2.33. The summed E-state index contributed by atoms with van der Waals surface area (Å²) in [6.45, 7) is 3.34. The van der Waals surface area contributed by atoms with Crippen LogP contribution in [-0.2, 0) is 32.6 Å². The number of halogens is 1. The highest BCUT2D eigenvalue weighted by atomic mass is 32.2. The average molecular weight is 590 g/mol. The SMILES string of the molecule is CC[C@H](C)NC(=O)[C@@H](Cc1ccccc1)N(Cc1ccc(F)cc1)C(=O)CN(C)S(=O)(=O)c1ccc2ccccc2c1. The molecule has 7 nitrogen and oxygen atoms in total. The first kappa shape index (κ1) is 30.9. The Morgan fingerprint density at radius 2 is 1.50 bits per heavy atom. The van der Waals surface area contributed by atoms with Gasteiger partial charge in [0, 0.05) is 26.1 Å². The molecule has 4 rings (SSSR count). The van der Waals surface area contributed by atoms with Gasteiger partial charge >= 0.3 is 0 Å². The van der Waals surface area contributed by atoms with Crippen molar-refractivity contribution in [1.29, 1.82) is 0 Å². The minimum Gasteiger partial charge on any atom is -0.352 e. The minimum atomic E-state index is -4.03. The number of nitrogens with one attached hydrogen (secondary N) is 1. The number of amides is 2. The lowest BCUT2D eigenvalue weighted by molar-refractivity contribution is -0.141. The molecule has 9 heteroatoms. The van der Waals surface area contributed by atoms with Crippen LogP contribution in [-0.4, -0.2) is 55.1 Å². The van der Waals surface area contributed by atoms with Crippen LogP contribution < -0.4 is 5.32 Å². The van der Waals surface area contributed by atoms with E-state index in [-0.39, 0.29) is 29.8 Å². The molecule has 0 fully saturated rings. The summed E-state index contributed by atoms with van der Waals surface area (Å²) >= 11 is 0. The molecule has 0 aliphatic rings. The van der Waals surface area contributed by atoms with E-state index in [1.807, 2.05) is 68.4 Å². The summed E-state index contributed by atoms with van der Waals surface area (Å²) in [5.41, 5.74) is 1.45. The molecular formula is C33H36FN3O4S. The highest BCUT2D eigenvalue weighted by Crippen LogP contribution is 2.22. The van der Waals surface area contributed by atoms with Gasteiger partial charge in [-0.15, -0.1) is 0 Å². The second-order valence-electron chi connectivity index (χ2n) is 10.4. The summed E-state index contributed by atoms with van der Waals surface area (Å²) in [6.07, 6.45) is 0.916. The Bertz CT molecular complexity index is 1630. The van der Waals surface area contributed by atoms with E-state index in [0.29, 0.717) is 12.0 Å². The monoisotopic (exact) mass is 589 g/mol. The van der Waals surface area contributed by atoms with Gasteiger partial charge in [0.05, 0.1) is 11.4 Å². The fourth-order valence-corrected chi connectivity index (χ4v) is 5.81. The Kier molecular flexibility index (Phi) is 10.1. The Labute approximate surface area is 247 Å². The first-order valence-electron chi connectivity index (χ1n) is 13.9. The standard InChI is InChI=1S/C33H36FN3O4S/c1-4-24(2)35-33(39)31(20-25-10-6-5-7-11-25)37(22-26-14-17-29(34)18-15-26)32(38)23-36(3)42(40,41)30-19-16-27-12-8-9-13-28(27)21-30/h5-19,21,24,31H,4,20,22-23H2,1-3H3,(H,35,39)/t24-,31+/m0/s1. The molecule has 0 heterocycles. The van der Waals surface area contributed by atoms with E-state index in [1.54, 1.807) is 24.3 Å². The van der Waals surface area contributed by atoms with Gasteiger partial charge in [0.2, 0.25) is 21.8 Å². The van der Waals surface area contributed by atoms with Gasteiger partial charge in [-0.25, -0.2) is 12.8 Å². The van der Waals surface area contributed by atoms with Crippen LogP contribution in [0.4, 0.5) is 4.39 Å². The van der Waals surface area contributed by atoms with Crippen LogP contribution in [0, 0.1) is 5.82 Å². The van der Waals surface area contributed by atoms with Crippen LogP contribution in [0.3, 0.4) is 0 Å². The van der Waals surface area contributed by atoms with E-state index in [9.17, 15) is 22.4 Å². The second kappa shape index (κ2) is 13.7. The Hall–Kier alpha value is -4.08. The van der Waals surface area contributed by atoms with E-state index in [0.717, 1.165) is 20.6 Å². The van der Waals surface area contributed by atoms with Gasteiger partial charge < -0.3 is 10.2 Å². The maximum Gasteiger partial charge on any atom is 0.243 e. The van der Waals surface area contributed by atoms with Crippen molar-refractivity contribution in [3.05, 3.63) is 114 Å². The molecule has 0 unspecified atom stereocenters. The third-order valence-corrected chi connectivity index (χ3v) is 9.12. The number of hydrogen-bond donors (Lipinski definition) is 1.